The molecule has 0 radical (unpaired) electrons. The summed E-state index contributed by atoms with van der Waals surface area (Å²) in [5.74, 6) is 1.45. The Morgan fingerprint density at radius 3 is 2.11 bits per heavy atom. The molecule has 1 rings (SSSR count). The fourth-order valence-electron chi connectivity index (χ4n) is 1.32. The van der Waals surface area contributed by atoms with Gasteiger partial charge in [-0.2, -0.15) is 0 Å². The third-order valence-electron chi connectivity index (χ3n) is 2.37. The second-order valence-corrected chi connectivity index (χ2v) is 5.47. The van der Waals surface area contributed by atoms with Gasteiger partial charge < -0.3 is 13.8 Å². The van der Waals surface area contributed by atoms with Crippen molar-refractivity contribution in [3.63, 3.8) is 0 Å². The Bertz CT molecular complexity index is 516. The molecule has 0 aromatic heterocycles. The minimum Gasteiger partial charge on any atom is -0.497 e. The maximum atomic E-state index is 11.9. The number of ether oxygens (including phenoxy) is 1. The quantitative estimate of drug-likeness (QED) is 0.454. The lowest BCUT2D eigenvalue weighted by molar-refractivity contribution is -0.375. The normalized spacial score (nSPS) is 12.3. The van der Waals surface area contributed by atoms with Gasteiger partial charge in [-0.3, -0.25) is 14.7 Å². The topological polar surface area (TPSA) is 87.9 Å². The van der Waals surface area contributed by atoms with Crippen LogP contribution < -0.4 is 4.74 Å². The van der Waals surface area contributed by atoms with Crippen LogP contribution in [0.5, 0.6) is 5.75 Å². The van der Waals surface area contributed by atoms with E-state index in [-0.39, 0.29) is 11.3 Å². The molecule has 0 fully saturated rings. The van der Waals surface area contributed by atoms with E-state index in [4.69, 9.17) is 4.74 Å². The van der Waals surface area contributed by atoms with Crippen LogP contribution in [0.15, 0.2) is 30.1 Å². The molecule has 0 unspecified atom stereocenters. The van der Waals surface area contributed by atoms with E-state index >= 15 is 0 Å². The zero-order valence-electron chi connectivity index (χ0n) is 10.7. The summed E-state index contributed by atoms with van der Waals surface area (Å²) in [6.07, 6.45) is 0. The van der Waals surface area contributed by atoms with Crippen LogP contribution in [-0.2, 0) is 13.6 Å². The maximum absolute atomic E-state index is 11.9. The van der Waals surface area contributed by atoms with E-state index in [1.54, 1.807) is 12.1 Å². The molecule has 0 atom stereocenters. The van der Waals surface area contributed by atoms with Crippen molar-refractivity contribution in [2.75, 3.05) is 21.3 Å². The van der Waals surface area contributed by atoms with Crippen molar-refractivity contribution >= 4 is 13.3 Å². The average molecular weight is 287 g/mol. The van der Waals surface area contributed by atoms with Crippen LogP contribution in [0.3, 0.4) is 0 Å². The summed E-state index contributed by atoms with van der Waals surface area (Å²) in [6.45, 7) is 0. The molecule has 0 saturated heterocycles. The molecule has 7 nitrogen and oxygen atoms in total. The average Bonchev–Trinajstić information content (AvgIpc) is 2.44. The minimum absolute atomic E-state index is 0.278. The third-order valence-corrected chi connectivity index (χ3v) is 3.95. The van der Waals surface area contributed by atoms with Gasteiger partial charge in [0.05, 0.1) is 17.6 Å². The van der Waals surface area contributed by atoms with Crippen LogP contribution in [0.2, 0.25) is 0 Å². The molecule has 104 valence electrons. The Balaban J connectivity index is 3.24. The van der Waals surface area contributed by atoms with E-state index in [1.165, 1.54) is 19.2 Å². The van der Waals surface area contributed by atoms with E-state index in [0.29, 0.717) is 5.75 Å². The number of hydrogen-bond acceptors (Lipinski definition) is 6. The van der Waals surface area contributed by atoms with Gasteiger partial charge in [0.15, 0.2) is 0 Å². The lowest BCUT2D eigenvalue weighted by atomic mass is 10.2. The zero-order valence-corrected chi connectivity index (χ0v) is 11.6. The molecule has 0 N–H and O–H groups in total. The van der Waals surface area contributed by atoms with Gasteiger partial charge in [0.1, 0.15) is 11.6 Å². The highest BCUT2D eigenvalue weighted by Crippen LogP contribution is 2.50. The molecule has 0 heterocycles. The molecule has 0 spiro atoms. The lowest BCUT2D eigenvalue weighted by Gasteiger charge is -2.08. The summed E-state index contributed by atoms with van der Waals surface area (Å²) >= 11 is 0. The van der Waals surface area contributed by atoms with Crippen LogP contribution in [0.1, 0.15) is 5.56 Å². The number of methoxy groups -OCH3 is 1. The SMILES string of the molecule is COc1ccc(C(=CP(=O)(OC)OC)[N+](=O)[O-])cc1. The van der Waals surface area contributed by atoms with Crippen LogP contribution in [0.25, 0.3) is 5.70 Å². The summed E-state index contributed by atoms with van der Waals surface area (Å²) in [4.78, 5) is 10.4. The molecule has 0 bridgehead atoms. The molecule has 0 aliphatic rings. The van der Waals surface area contributed by atoms with Crippen LogP contribution in [0.4, 0.5) is 0 Å². The van der Waals surface area contributed by atoms with Crippen LogP contribution >= 0.6 is 7.60 Å². The maximum Gasteiger partial charge on any atom is 0.360 e. The van der Waals surface area contributed by atoms with Gasteiger partial charge in [-0.25, -0.2) is 0 Å². The Morgan fingerprint density at radius 2 is 1.74 bits per heavy atom. The van der Waals surface area contributed by atoms with E-state index in [1.807, 2.05) is 0 Å². The van der Waals surface area contributed by atoms with Gasteiger partial charge in [-0.15, -0.1) is 0 Å². The monoisotopic (exact) mass is 287 g/mol. The molecule has 0 amide bonds. The Morgan fingerprint density at radius 1 is 1.21 bits per heavy atom. The lowest BCUT2D eigenvalue weighted by Crippen LogP contribution is -1.99. The number of nitrogens with zero attached hydrogens (tertiary/aromatic N) is 1. The molecule has 19 heavy (non-hydrogen) atoms. The molecule has 1 aromatic rings. The molecule has 0 aliphatic carbocycles. The first-order valence-electron chi connectivity index (χ1n) is 5.18. The first kappa shape index (κ1) is 15.4. The van der Waals surface area contributed by atoms with E-state index in [9.17, 15) is 14.7 Å². The predicted molar refractivity (Wildman–Crippen MR) is 69.6 cm³/mol. The minimum atomic E-state index is -3.61. The van der Waals surface area contributed by atoms with Gasteiger partial charge >= 0.3 is 7.60 Å². The van der Waals surface area contributed by atoms with Crippen molar-refractivity contribution in [1.29, 1.82) is 0 Å². The zero-order chi connectivity index (χ0) is 14.5. The molecule has 1 aromatic carbocycles. The van der Waals surface area contributed by atoms with Crippen molar-refractivity contribution in [3.8, 4) is 5.75 Å². The van der Waals surface area contributed by atoms with Crippen molar-refractivity contribution in [1.82, 2.24) is 0 Å². The molecule has 8 heteroatoms. The largest absolute Gasteiger partial charge is 0.497 e. The second kappa shape index (κ2) is 6.47. The van der Waals surface area contributed by atoms with Crippen LogP contribution in [0, 0.1) is 10.1 Å². The highest BCUT2D eigenvalue weighted by atomic mass is 31.2. The fourth-order valence-corrected chi connectivity index (χ4v) is 2.22. The van der Waals surface area contributed by atoms with E-state index < -0.39 is 12.5 Å². The van der Waals surface area contributed by atoms with Crippen molar-refractivity contribution in [3.05, 3.63) is 45.8 Å². The molecule has 0 aliphatic heterocycles. The molecular formula is C11H14NO6P. The standard InChI is InChI=1S/C11H14NO6P/c1-16-10-6-4-9(5-7-10)11(12(13)14)8-19(15,17-2)18-3/h4-8H,1-3H3. The van der Waals surface area contributed by atoms with Gasteiger partial charge in [-0.05, 0) is 24.3 Å². The van der Waals surface area contributed by atoms with Gasteiger partial charge in [0.25, 0.3) is 5.70 Å². The Kier molecular flexibility index (Phi) is 5.23. The number of nitro groups is 1. The van der Waals surface area contributed by atoms with Crippen molar-refractivity contribution in [2.45, 2.75) is 0 Å². The summed E-state index contributed by atoms with van der Waals surface area (Å²) in [5.41, 5.74) is -0.0742. The Hall–Kier alpha value is -1.69. The Labute approximate surface area is 110 Å². The van der Waals surface area contributed by atoms with Gasteiger partial charge in [0.2, 0.25) is 0 Å². The highest BCUT2D eigenvalue weighted by Gasteiger charge is 2.25. The van der Waals surface area contributed by atoms with Crippen LogP contribution in [-0.4, -0.2) is 26.3 Å². The molecule has 0 saturated carbocycles. The smallest absolute Gasteiger partial charge is 0.360 e. The van der Waals surface area contributed by atoms with E-state index in [2.05, 4.69) is 9.05 Å². The first-order chi connectivity index (χ1) is 8.95. The summed E-state index contributed by atoms with van der Waals surface area (Å²) in [6, 6.07) is 6.11. The fraction of sp³-hybridized carbons (Fsp3) is 0.273. The summed E-state index contributed by atoms with van der Waals surface area (Å²) in [5, 5.41) is 11.0. The summed E-state index contributed by atoms with van der Waals surface area (Å²) < 4.78 is 26.2. The predicted octanol–water partition coefficient (Wildman–Crippen LogP) is 2.76. The van der Waals surface area contributed by atoms with Crippen molar-refractivity contribution in [2.24, 2.45) is 0 Å². The third kappa shape index (κ3) is 3.89. The second-order valence-electron chi connectivity index (χ2n) is 3.40. The van der Waals surface area contributed by atoms with Crippen molar-refractivity contribution < 1.29 is 23.3 Å². The molecular weight excluding hydrogens is 273 g/mol. The number of benzene rings is 1. The van der Waals surface area contributed by atoms with Gasteiger partial charge in [0, 0.05) is 14.2 Å². The highest BCUT2D eigenvalue weighted by molar-refractivity contribution is 7.57. The first-order valence-corrected chi connectivity index (χ1v) is 6.80. The summed E-state index contributed by atoms with van der Waals surface area (Å²) in [7, 11) is 0.197. The van der Waals surface area contributed by atoms with Gasteiger partial charge in [-0.1, -0.05) is 0 Å². The number of rotatable bonds is 6. The number of hydrogen-bond donors (Lipinski definition) is 0. The van der Waals surface area contributed by atoms with E-state index in [0.717, 1.165) is 20.0 Å².